The molecule has 0 radical (unpaired) electrons. The summed E-state index contributed by atoms with van der Waals surface area (Å²) in [5, 5.41) is 12.4. The number of hydrogen-bond acceptors (Lipinski definition) is 7. The Morgan fingerprint density at radius 2 is 2.13 bits per heavy atom. The fourth-order valence-corrected chi connectivity index (χ4v) is 4.32. The number of rotatable bonds is 10. The average molecular weight is 433 g/mol. The summed E-state index contributed by atoms with van der Waals surface area (Å²) in [6.45, 7) is 11.5. The van der Waals surface area contributed by atoms with Gasteiger partial charge in [-0.05, 0) is 24.5 Å². The normalized spacial score (nSPS) is 17.4. The highest BCUT2D eigenvalue weighted by atomic mass is 32.2. The molecule has 1 amide bonds. The van der Waals surface area contributed by atoms with Crippen molar-refractivity contribution in [3.63, 3.8) is 0 Å². The van der Waals surface area contributed by atoms with Gasteiger partial charge in [0.15, 0.2) is 11.0 Å². The van der Waals surface area contributed by atoms with Gasteiger partial charge in [-0.1, -0.05) is 32.5 Å². The number of nitrogens with zero attached hydrogens (tertiary/aromatic N) is 5. The molecule has 2 aromatic heterocycles. The largest absolute Gasteiger partial charge is 0.374 e. The van der Waals surface area contributed by atoms with Gasteiger partial charge in [0.1, 0.15) is 0 Å². The molecule has 1 aliphatic heterocycles. The number of thioether (sulfide) groups is 1. The summed E-state index contributed by atoms with van der Waals surface area (Å²) in [4.78, 5) is 18.9. The number of carbonyl (C=O) groups is 1. The highest BCUT2D eigenvalue weighted by Gasteiger charge is 2.22. The molecule has 1 atom stereocenters. The third-order valence-electron chi connectivity index (χ3n) is 4.81. The smallest absolute Gasteiger partial charge is 0.230 e. The van der Waals surface area contributed by atoms with E-state index in [1.165, 1.54) is 11.8 Å². The molecule has 0 bridgehead atoms. The summed E-state index contributed by atoms with van der Waals surface area (Å²) in [6, 6.07) is 3.84. The molecule has 0 saturated carbocycles. The van der Waals surface area contributed by atoms with E-state index >= 15 is 0 Å². The molecule has 1 unspecified atom stereocenters. The van der Waals surface area contributed by atoms with Crippen LogP contribution in [0.15, 0.2) is 29.7 Å². The van der Waals surface area contributed by atoms with Gasteiger partial charge >= 0.3 is 0 Å². The lowest BCUT2D eigenvalue weighted by molar-refractivity contribution is -0.119. The van der Waals surface area contributed by atoms with Gasteiger partial charge in [0.25, 0.3) is 0 Å². The molecule has 0 aliphatic carbocycles. The van der Waals surface area contributed by atoms with Crippen molar-refractivity contribution < 1.29 is 9.53 Å². The van der Waals surface area contributed by atoms with Gasteiger partial charge < -0.3 is 14.6 Å². The van der Waals surface area contributed by atoms with Crippen molar-refractivity contribution in [2.45, 2.75) is 45.0 Å². The lowest BCUT2D eigenvalue weighted by atomic mass is 10.2. The van der Waals surface area contributed by atoms with E-state index in [4.69, 9.17) is 4.74 Å². The maximum Gasteiger partial charge on any atom is 0.230 e. The van der Waals surface area contributed by atoms with Crippen LogP contribution in [0.3, 0.4) is 0 Å². The Kier molecular flexibility index (Phi) is 8.65. The van der Waals surface area contributed by atoms with Gasteiger partial charge in [0, 0.05) is 50.7 Å². The van der Waals surface area contributed by atoms with E-state index in [-0.39, 0.29) is 12.0 Å². The van der Waals surface area contributed by atoms with Crippen LogP contribution in [0.25, 0.3) is 11.4 Å². The van der Waals surface area contributed by atoms with Gasteiger partial charge in [-0.3, -0.25) is 14.7 Å². The van der Waals surface area contributed by atoms with E-state index in [1.807, 2.05) is 12.1 Å². The Morgan fingerprint density at radius 1 is 1.33 bits per heavy atom. The first kappa shape index (κ1) is 22.7. The lowest BCUT2D eigenvalue weighted by Gasteiger charge is -2.33. The third kappa shape index (κ3) is 6.52. The minimum absolute atomic E-state index is 0.0129. The van der Waals surface area contributed by atoms with Crippen molar-refractivity contribution in [2.75, 3.05) is 38.5 Å². The molecule has 30 heavy (non-hydrogen) atoms. The Labute approximate surface area is 182 Å². The number of pyridine rings is 1. The lowest BCUT2D eigenvalue weighted by Crippen LogP contribution is -2.48. The molecule has 8 nitrogen and oxygen atoms in total. The summed E-state index contributed by atoms with van der Waals surface area (Å²) < 4.78 is 7.88. The van der Waals surface area contributed by atoms with Crippen LogP contribution in [-0.2, 0) is 16.1 Å². The van der Waals surface area contributed by atoms with Crippen LogP contribution in [-0.4, -0.2) is 75.2 Å². The van der Waals surface area contributed by atoms with E-state index in [2.05, 4.69) is 50.7 Å². The number of morpholine rings is 1. The SMILES string of the molecule is CCCn1c(SCC(=O)NCC2CN(CC(C)C)CCO2)nnc1-c1ccncc1. The number of carbonyl (C=O) groups excluding carboxylic acids is 1. The number of ether oxygens (including phenoxy) is 1. The van der Waals surface area contributed by atoms with Gasteiger partial charge in [0.05, 0.1) is 18.5 Å². The summed E-state index contributed by atoms with van der Waals surface area (Å²) >= 11 is 1.42. The third-order valence-corrected chi connectivity index (χ3v) is 5.77. The molecule has 9 heteroatoms. The molecule has 0 spiro atoms. The van der Waals surface area contributed by atoms with Crippen LogP contribution in [0.1, 0.15) is 27.2 Å². The van der Waals surface area contributed by atoms with Gasteiger partial charge in [-0.2, -0.15) is 0 Å². The second kappa shape index (κ2) is 11.4. The summed E-state index contributed by atoms with van der Waals surface area (Å²) in [7, 11) is 0. The Morgan fingerprint density at radius 3 is 2.87 bits per heavy atom. The van der Waals surface area contributed by atoms with Gasteiger partial charge in [-0.15, -0.1) is 10.2 Å². The minimum Gasteiger partial charge on any atom is -0.374 e. The van der Waals surface area contributed by atoms with Crippen molar-refractivity contribution in [1.82, 2.24) is 30.0 Å². The molecule has 1 saturated heterocycles. The summed E-state index contributed by atoms with van der Waals surface area (Å²) in [5.74, 6) is 1.73. The average Bonchev–Trinajstić information content (AvgIpc) is 3.14. The van der Waals surface area contributed by atoms with Crippen LogP contribution in [0.2, 0.25) is 0 Å². The van der Waals surface area contributed by atoms with Crippen LogP contribution in [0.5, 0.6) is 0 Å². The van der Waals surface area contributed by atoms with Crippen molar-refractivity contribution in [3.8, 4) is 11.4 Å². The standard InChI is InChI=1S/C21H32N6O2S/c1-4-9-27-20(17-5-7-22-8-6-17)24-25-21(27)30-15-19(28)23-12-18-14-26(10-11-29-18)13-16(2)3/h5-8,16,18H,4,9-15H2,1-3H3,(H,23,28). The number of amides is 1. The van der Waals surface area contributed by atoms with E-state index < -0.39 is 0 Å². The molecular formula is C21H32N6O2S. The van der Waals surface area contributed by atoms with Crippen LogP contribution in [0, 0.1) is 5.92 Å². The van der Waals surface area contributed by atoms with Crippen LogP contribution in [0.4, 0.5) is 0 Å². The maximum absolute atomic E-state index is 12.4. The van der Waals surface area contributed by atoms with Gasteiger partial charge in [0.2, 0.25) is 5.91 Å². The number of nitrogens with one attached hydrogen (secondary N) is 1. The quantitative estimate of drug-likeness (QED) is 0.577. The first-order chi connectivity index (χ1) is 14.6. The second-order valence-corrected chi connectivity index (χ2v) is 8.88. The number of hydrogen-bond donors (Lipinski definition) is 1. The molecule has 1 N–H and O–H groups in total. The highest BCUT2D eigenvalue weighted by Crippen LogP contribution is 2.23. The van der Waals surface area contributed by atoms with E-state index in [0.717, 1.165) is 55.8 Å². The van der Waals surface area contributed by atoms with E-state index in [0.29, 0.717) is 18.2 Å². The molecular weight excluding hydrogens is 400 g/mol. The zero-order valence-electron chi connectivity index (χ0n) is 18.1. The fourth-order valence-electron chi connectivity index (χ4n) is 3.53. The molecule has 0 aromatic carbocycles. The molecule has 164 valence electrons. The molecule has 3 heterocycles. The minimum atomic E-state index is -0.0129. The van der Waals surface area contributed by atoms with E-state index in [9.17, 15) is 4.79 Å². The van der Waals surface area contributed by atoms with E-state index in [1.54, 1.807) is 12.4 Å². The first-order valence-electron chi connectivity index (χ1n) is 10.6. The molecule has 1 aliphatic rings. The van der Waals surface area contributed by atoms with Crippen molar-refractivity contribution in [1.29, 1.82) is 0 Å². The number of aromatic nitrogens is 4. The van der Waals surface area contributed by atoms with Crippen molar-refractivity contribution >= 4 is 17.7 Å². The summed E-state index contributed by atoms with van der Waals surface area (Å²) in [5.41, 5.74) is 0.975. The molecule has 2 aromatic rings. The molecule has 1 fully saturated rings. The predicted molar refractivity (Wildman–Crippen MR) is 118 cm³/mol. The zero-order valence-corrected chi connectivity index (χ0v) is 18.9. The first-order valence-corrected chi connectivity index (χ1v) is 11.6. The Balaban J connectivity index is 1.50. The maximum atomic E-state index is 12.4. The second-order valence-electron chi connectivity index (χ2n) is 7.93. The van der Waals surface area contributed by atoms with Crippen molar-refractivity contribution in [3.05, 3.63) is 24.5 Å². The van der Waals surface area contributed by atoms with Gasteiger partial charge in [-0.25, -0.2) is 0 Å². The summed E-state index contributed by atoms with van der Waals surface area (Å²) in [6.07, 6.45) is 4.50. The fraction of sp³-hybridized carbons (Fsp3) is 0.619. The zero-order chi connectivity index (χ0) is 21.3. The highest BCUT2D eigenvalue weighted by molar-refractivity contribution is 7.99. The Hall–Kier alpha value is -1.97. The van der Waals surface area contributed by atoms with Crippen LogP contribution >= 0.6 is 11.8 Å². The predicted octanol–water partition coefficient (Wildman–Crippen LogP) is 2.32. The Bertz CT molecular complexity index is 798. The topological polar surface area (TPSA) is 85.2 Å². The van der Waals surface area contributed by atoms with Crippen LogP contribution < -0.4 is 5.32 Å². The monoisotopic (exact) mass is 432 g/mol. The molecule has 3 rings (SSSR count). The van der Waals surface area contributed by atoms with Crippen molar-refractivity contribution in [2.24, 2.45) is 5.92 Å².